The zero-order chi connectivity index (χ0) is 19.2. The van der Waals surface area contributed by atoms with E-state index < -0.39 is 0 Å². The minimum Gasteiger partial charge on any atom is -0.497 e. The van der Waals surface area contributed by atoms with Gasteiger partial charge in [0.1, 0.15) is 5.75 Å². The lowest BCUT2D eigenvalue weighted by Crippen LogP contribution is -2.35. The average molecular weight is 367 g/mol. The van der Waals surface area contributed by atoms with Crippen molar-refractivity contribution in [3.63, 3.8) is 0 Å². The van der Waals surface area contributed by atoms with Crippen molar-refractivity contribution < 1.29 is 14.3 Å². The highest BCUT2D eigenvalue weighted by Crippen LogP contribution is 2.23. The van der Waals surface area contributed by atoms with Gasteiger partial charge in [0.2, 0.25) is 11.8 Å². The van der Waals surface area contributed by atoms with E-state index in [1.54, 1.807) is 36.4 Å². The number of hydrogen-bond acceptors (Lipinski definition) is 4. The minimum atomic E-state index is -0.266. The molecule has 0 spiro atoms. The quantitative estimate of drug-likeness (QED) is 0.752. The van der Waals surface area contributed by atoms with E-state index in [-0.39, 0.29) is 24.2 Å². The summed E-state index contributed by atoms with van der Waals surface area (Å²) in [5.41, 5.74) is 2.18. The van der Waals surface area contributed by atoms with Crippen LogP contribution in [0.3, 0.4) is 0 Å². The van der Waals surface area contributed by atoms with Crippen LogP contribution in [0.1, 0.15) is 17.5 Å². The Balaban J connectivity index is 1.53. The molecule has 1 aliphatic heterocycles. The number of benzene rings is 1. The highest BCUT2D eigenvalue weighted by Gasteiger charge is 2.35. The Bertz CT molecular complexity index is 777. The maximum Gasteiger partial charge on any atom is 0.227 e. The van der Waals surface area contributed by atoms with Crippen molar-refractivity contribution in [2.45, 2.75) is 19.4 Å². The molecule has 1 fully saturated rings. The summed E-state index contributed by atoms with van der Waals surface area (Å²) >= 11 is 0. The third-order valence-electron chi connectivity index (χ3n) is 4.96. The molecule has 1 aromatic carbocycles. The molecule has 1 aromatic heterocycles. The van der Waals surface area contributed by atoms with Crippen LogP contribution in [-0.4, -0.2) is 53.8 Å². The summed E-state index contributed by atoms with van der Waals surface area (Å²) in [4.78, 5) is 32.6. The first kappa shape index (κ1) is 18.9. The number of hydrogen-bond donors (Lipinski definition) is 0. The lowest BCUT2D eigenvalue weighted by molar-refractivity contribution is -0.134. The third kappa shape index (κ3) is 4.84. The fourth-order valence-corrected chi connectivity index (χ4v) is 3.31. The predicted octanol–water partition coefficient (Wildman–Crippen LogP) is 2.14. The summed E-state index contributed by atoms with van der Waals surface area (Å²) in [7, 11) is 3.43. The Labute approximate surface area is 159 Å². The molecule has 0 N–H and O–H groups in total. The molecule has 142 valence electrons. The van der Waals surface area contributed by atoms with E-state index >= 15 is 0 Å². The summed E-state index contributed by atoms with van der Waals surface area (Å²) in [5.74, 6) is 0.593. The van der Waals surface area contributed by atoms with Crippen molar-refractivity contribution in [1.29, 1.82) is 0 Å². The largest absolute Gasteiger partial charge is 0.497 e. The van der Waals surface area contributed by atoms with Crippen molar-refractivity contribution in [2.75, 3.05) is 27.2 Å². The second-order valence-corrected chi connectivity index (χ2v) is 6.89. The number of carbonyl (C=O) groups excluding carboxylic acids is 2. The maximum absolute atomic E-state index is 12.7. The average Bonchev–Trinajstić information content (AvgIpc) is 3.07. The molecule has 0 saturated carbocycles. The number of aromatic nitrogens is 1. The van der Waals surface area contributed by atoms with Gasteiger partial charge in [0.25, 0.3) is 0 Å². The molecule has 0 aliphatic carbocycles. The molecule has 1 unspecified atom stereocenters. The van der Waals surface area contributed by atoms with Crippen molar-refractivity contribution in [3.05, 3.63) is 59.9 Å². The number of nitrogens with zero attached hydrogens (tertiary/aromatic N) is 3. The van der Waals surface area contributed by atoms with Crippen LogP contribution in [0.5, 0.6) is 5.75 Å². The topological polar surface area (TPSA) is 62.7 Å². The molecule has 3 rings (SSSR count). The number of likely N-dealkylation sites (N-methyl/N-ethyl adjacent to an activating group) is 1. The van der Waals surface area contributed by atoms with Gasteiger partial charge >= 0.3 is 0 Å². The van der Waals surface area contributed by atoms with E-state index in [1.807, 2.05) is 36.4 Å². The molecule has 6 nitrogen and oxygen atoms in total. The summed E-state index contributed by atoms with van der Waals surface area (Å²) in [6.07, 6.45) is 4.57. The van der Waals surface area contributed by atoms with Gasteiger partial charge in [-0.05, 0) is 41.8 Å². The van der Waals surface area contributed by atoms with Crippen LogP contribution in [0.15, 0.2) is 48.8 Å². The standard InChI is InChI=1S/C21H25N3O3/c1-23(12-9-16-7-10-22-11-8-16)21(26)18-13-20(25)24(15-18)14-17-3-5-19(27-2)6-4-17/h3-8,10-11,18H,9,12-15H2,1-2H3. The van der Waals surface area contributed by atoms with Gasteiger partial charge < -0.3 is 14.5 Å². The number of methoxy groups -OCH3 is 1. The minimum absolute atomic E-state index is 0.0340. The summed E-state index contributed by atoms with van der Waals surface area (Å²) in [6.45, 7) is 1.63. The molecule has 6 heteroatoms. The zero-order valence-electron chi connectivity index (χ0n) is 15.8. The monoisotopic (exact) mass is 367 g/mol. The van der Waals surface area contributed by atoms with E-state index in [4.69, 9.17) is 4.74 Å². The molecule has 2 amide bonds. The lowest BCUT2D eigenvalue weighted by Gasteiger charge is -2.21. The Morgan fingerprint density at radius 2 is 1.89 bits per heavy atom. The molecule has 1 saturated heterocycles. The Hall–Kier alpha value is -2.89. The van der Waals surface area contributed by atoms with Crippen LogP contribution >= 0.6 is 0 Å². The zero-order valence-corrected chi connectivity index (χ0v) is 15.8. The molecule has 0 bridgehead atoms. The Kier molecular flexibility index (Phi) is 6.06. The predicted molar refractivity (Wildman–Crippen MR) is 102 cm³/mol. The van der Waals surface area contributed by atoms with Crippen LogP contribution in [0.25, 0.3) is 0 Å². The molecule has 1 aliphatic rings. The van der Waals surface area contributed by atoms with Crippen molar-refractivity contribution in [1.82, 2.24) is 14.8 Å². The van der Waals surface area contributed by atoms with E-state index in [0.717, 1.165) is 23.3 Å². The highest BCUT2D eigenvalue weighted by atomic mass is 16.5. The molecule has 2 heterocycles. The normalized spacial score (nSPS) is 16.4. The number of rotatable bonds is 7. The fourth-order valence-electron chi connectivity index (χ4n) is 3.31. The maximum atomic E-state index is 12.7. The van der Waals surface area contributed by atoms with Gasteiger partial charge in [0.15, 0.2) is 0 Å². The first-order valence-electron chi connectivity index (χ1n) is 9.11. The number of ether oxygens (including phenoxy) is 1. The Morgan fingerprint density at radius 3 is 2.56 bits per heavy atom. The Morgan fingerprint density at radius 1 is 1.19 bits per heavy atom. The number of carbonyl (C=O) groups is 2. The van der Waals surface area contributed by atoms with E-state index in [1.165, 1.54) is 0 Å². The molecule has 0 radical (unpaired) electrons. The van der Waals surface area contributed by atoms with Gasteiger partial charge in [-0.3, -0.25) is 14.6 Å². The lowest BCUT2D eigenvalue weighted by atomic mass is 10.1. The van der Waals surface area contributed by atoms with Crippen LogP contribution < -0.4 is 4.74 Å². The van der Waals surface area contributed by atoms with Crippen molar-refractivity contribution in [2.24, 2.45) is 5.92 Å². The second kappa shape index (κ2) is 8.66. The van der Waals surface area contributed by atoms with E-state index in [0.29, 0.717) is 19.6 Å². The number of pyridine rings is 1. The molecule has 2 aromatic rings. The van der Waals surface area contributed by atoms with Gasteiger partial charge in [0.05, 0.1) is 13.0 Å². The molecule has 1 atom stereocenters. The number of likely N-dealkylation sites (tertiary alicyclic amines) is 1. The van der Waals surface area contributed by atoms with E-state index in [2.05, 4.69) is 4.98 Å². The first-order chi connectivity index (χ1) is 13.1. The van der Waals surface area contributed by atoms with Gasteiger partial charge in [0, 0.05) is 45.5 Å². The summed E-state index contributed by atoms with van der Waals surface area (Å²) in [5, 5.41) is 0. The summed E-state index contributed by atoms with van der Waals surface area (Å²) < 4.78 is 5.16. The molecular formula is C21H25N3O3. The van der Waals surface area contributed by atoms with Crippen LogP contribution in [0, 0.1) is 5.92 Å². The van der Waals surface area contributed by atoms with Gasteiger partial charge in [-0.2, -0.15) is 0 Å². The van der Waals surface area contributed by atoms with Crippen LogP contribution in [0.4, 0.5) is 0 Å². The van der Waals surface area contributed by atoms with Gasteiger partial charge in [-0.1, -0.05) is 12.1 Å². The van der Waals surface area contributed by atoms with E-state index in [9.17, 15) is 9.59 Å². The third-order valence-corrected chi connectivity index (χ3v) is 4.96. The van der Waals surface area contributed by atoms with Crippen LogP contribution in [0.2, 0.25) is 0 Å². The SMILES string of the molecule is COc1ccc(CN2CC(C(=O)N(C)CCc3ccncc3)CC2=O)cc1. The van der Waals surface area contributed by atoms with Gasteiger partial charge in [-0.25, -0.2) is 0 Å². The molecule has 27 heavy (non-hydrogen) atoms. The fraction of sp³-hybridized carbons (Fsp3) is 0.381. The second-order valence-electron chi connectivity index (χ2n) is 6.89. The number of amides is 2. The van der Waals surface area contributed by atoms with Crippen molar-refractivity contribution >= 4 is 11.8 Å². The summed E-state index contributed by atoms with van der Waals surface area (Å²) in [6, 6.07) is 11.6. The smallest absolute Gasteiger partial charge is 0.227 e. The van der Waals surface area contributed by atoms with Gasteiger partial charge in [-0.15, -0.1) is 0 Å². The first-order valence-corrected chi connectivity index (χ1v) is 9.11. The van der Waals surface area contributed by atoms with Crippen molar-refractivity contribution in [3.8, 4) is 5.75 Å². The molecular weight excluding hydrogens is 342 g/mol. The van der Waals surface area contributed by atoms with Crippen LogP contribution in [-0.2, 0) is 22.6 Å². The highest BCUT2D eigenvalue weighted by molar-refractivity contribution is 5.89.